The summed E-state index contributed by atoms with van der Waals surface area (Å²) in [6.45, 7) is 29.7. The number of ether oxygens (including phenoxy) is 5. The Bertz CT molecular complexity index is 2120. The molecule has 0 aromatic heterocycles. The van der Waals surface area contributed by atoms with Gasteiger partial charge in [0.05, 0.1) is 33.0 Å². The van der Waals surface area contributed by atoms with E-state index < -0.39 is 28.7 Å². The van der Waals surface area contributed by atoms with Crippen LogP contribution >= 0.6 is 0 Å². The predicted octanol–water partition coefficient (Wildman–Crippen LogP) is 12.3. The number of hydrogen-bond donors (Lipinski definition) is 0. The summed E-state index contributed by atoms with van der Waals surface area (Å²) in [5.74, 6) is 13.1. The number of methoxy groups -OCH3 is 2. The van der Waals surface area contributed by atoms with Gasteiger partial charge in [-0.3, -0.25) is 0 Å². The number of carbonyl (C=O) groups excluding carboxylic acids is 1. The molecule has 4 rings (SSSR count). The highest BCUT2D eigenvalue weighted by Gasteiger charge is 2.52. The lowest BCUT2D eigenvalue weighted by molar-refractivity contribution is -0.155. The Balaban J connectivity index is 1.80. The van der Waals surface area contributed by atoms with Crippen molar-refractivity contribution >= 4 is 33.0 Å². The molecule has 3 aromatic rings. The lowest BCUT2D eigenvalue weighted by Crippen LogP contribution is -2.68. The molecular weight excluding hydrogens is 881 g/mol. The molecule has 372 valence electrons. The van der Waals surface area contributed by atoms with E-state index in [4.69, 9.17) is 32.5 Å². The van der Waals surface area contributed by atoms with E-state index in [9.17, 15) is 0 Å². The van der Waals surface area contributed by atoms with Crippen LogP contribution in [0.1, 0.15) is 131 Å². The SMILES string of the molecule is CC#CC[C@H](OC(=O)c1c(C[C@@H](O[Si](c2ccccc2)(c2ccccc2)C(C)(C)C)[C@@H](C)CC#CC)cc(OC)cc1OC)[C@@H](C)[C@H](O[Si](C)(C)C(C)(C)C)[C@H](C)C/C=C/COC1CCCCO1. The molecule has 1 aliphatic heterocycles. The Hall–Kier alpha value is -4.14. The van der Waals surface area contributed by atoms with Crippen LogP contribution < -0.4 is 19.8 Å². The highest BCUT2D eigenvalue weighted by atomic mass is 28.4. The number of rotatable bonds is 23. The lowest BCUT2D eigenvalue weighted by atomic mass is 9.86. The van der Waals surface area contributed by atoms with Crippen molar-refractivity contribution in [1.29, 1.82) is 0 Å². The molecule has 1 saturated heterocycles. The first-order valence-electron chi connectivity index (χ1n) is 24.8. The fourth-order valence-electron chi connectivity index (χ4n) is 8.93. The van der Waals surface area contributed by atoms with Gasteiger partial charge >= 0.3 is 5.97 Å². The van der Waals surface area contributed by atoms with Gasteiger partial charge < -0.3 is 32.5 Å². The molecule has 1 fully saturated rings. The fourth-order valence-corrected chi connectivity index (χ4v) is 15.2. The number of carbonyl (C=O) groups is 1. The summed E-state index contributed by atoms with van der Waals surface area (Å²) in [5.41, 5.74) is 1.06. The van der Waals surface area contributed by atoms with Crippen LogP contribution in [-0.2, 0) is 29.5 Å². The monoisotopic (exact) mass is 965 g/mol. The maximum Gasteiger partial charge on any atom is 0.342 e. The summed E-state index contributed by atoms with van der Waals surface area (Å²) in [6.07, 6.45) is 8.17. The van der Waals surface area contributed by atoms with Crippen LogP contribution in [0, 0.1) is 41.4 Å². The normalized spacial score (nSPS) is 17.4. The van der Waals surface area contributed by atoms with Gasteiger partial charge in [0.15, 0.2) is 14.6 Å². The zero-order valence-corrected chi connectivity index (χ0v) is 46.3. The van der Waals surface area contributed by atoms with E-state index in [2.05, 4.69) is 172 Å². The maximum absolute atomic E-state index is 15.2. The number of benzene rings is 3. The van der Waals surface area contributed by atoms with Gasteiger partial charge in [-0.25, -0.2) is 4.79 Å². The zero-order valence-electron chi connectivity index (χ0n) is 44.3. The molecule has 8 nitrogen and oxygen atoms in total. The van der Waals surface area contributed by atoms with Crippen LogP contribution in [0.2, 0.25) is 23.2 Å². The molecule has 1 unspecified atom stereocenters. The van der Waals surface area contributed by atoms with E-state index >= 15 is 4.79 Å². The fraction of sp³-hybridized carbons (Fsp3) is 0.569. The Kier molecular flexibility index (Phi) is 21.7. The van der Waals surface area contributed by atoms with Gasteiger partial charge in [0.2, 0.25) is 0 Å². The van der Waals surface area contributed by atoms with E-state index in [-0.39, 0.29) is 46.3 Å². The van der Waals surface area contributed by atoms with Gasteiger partial charge in [-0.1, -0.05) is 141 Å². The van der Waals surface area contributed by atoms with Crippen molar-refractivity contribution in [2.75, 3.05) is 27.4 Å². The van der Waals surface area contributed by atoms with Crippen molar-refractivity contribution in [2.24, 2.45) is 17.8 Å². The second-order valence-electron chi connectivity index (χ2n) is 21.1. The minimum Gasteiger partial charge on any atom is -0.497 e. The summed E-state index contributed by atoms with van der Waals surface area (Å²) < 4.78 is 45.7. The van der Waals surface area contributed by atoms with Crippen molar-refractivity contribution < 1.29 is 37.3 Å². The molecule has 10 heteroatoms. The van der Waals surface area contributed by atoms with Gasteiger partial charge in [0, 0.05) is 31.4 Å². The van der Waals surface area contributed by atoms with Gasteiger partial charge in [0.1, 0.15) is 23.2 Å². The van der Waals surface area contributed by atoms with Gasteiger partial charge in [-0.2, -0.15) is 0 Å². The minimum absolute atomic E-state index is 0.0197. The summed E-state index contributed by atoms with van der Waals surface area (Å²) >= 11 is 0. The summed E-state index contributed by atoms with van der Waals surface area (Å²) in [6, 6.07) is 25.0. The number of allylic oxidation sites excluding steroid dienone is 1. The second kappa shape index (κ2) is 26.2. The van der Waals surface area contributed by atoms with Crippen LogP contribution in [0.3, 0.4) is 0 Å². The number of hydrogen-bond acceptors (Lipinski definition) is 8. The van der Waals surface area contributed by atoms with Crippen LogP contribution in [0.15, 0.2) is 84.9 Å². The van der Waals surface area contributed by atoms with Crippen LogP contribution in [-0.4, -0.2) is 74.6 Å². The minimum atomic E-state index is -3.06. The third kappa shape index (κ3) is 14.9. The van der Waals surface area contributed by atoms with Crippen molar-refractivity contribution in [3.05, 3.63) is 96.1 Å². The van der Waals surface area contributed by atoms with E-state index in [0.717, 1.165) is 32.3 Å². The molecule has 1 heterocycles. The first kappa shape index (κ1) is 56.5. The number of esters is 1. The zero-order chi connectivity index (χ0) is 50.1. The second-order valence-corrected chi connectivity index (χ2v) is 30.1. The molecule has 0 spiro atoms. The van der Waals surface area contributed by atoms with Gasteiger partial charge in [-0.15, -0.1) is 17.8 Å². The molecule has 0 radical (unpaired) electrons. The van der Waals surface area contributed by atoms with E-state index in [0.29, 0.717) is 48.5 Å². The van der Waals surface area contributed by atoms with Crippen molar-refractivity contribution in [3.8, 4) is 35.2 Å². The molecule has 0 bridgehead atoms. The highest BCUT2D eigenvalue weighted by molar-refractivity contribution is 6.99. The van der Waals surface area contributed by atoms with Crippen LogP contribution in [0.5, 0.6) is 11.5 Å². The molecule has 7 atom stereocenters. The molecule has 0 amide bonds. The van der Waals surface area contributed by atoms with Crippen molar-refractivity contribution in [2.45, 2.75) is 169 Å². The smallest absolute Gasteiger partial charge is 0.342 e. The first-order chi connectivity index (χ1) is 32.2. The Labute approximate surface area is 413 Å². The summed E-state index contributed by atoms with van der Waals surface area (Å²) in [7, 11) is -2.15. The van der Waals surface area contributed by atoms with Crippen molar-refractivity contribution in [1.82, 2.24) is 0 Å². The predicted molar refractivity (Wildman–Crippen MR) is 284 cm³/mol. The lowest BCUT2D eigenvalue weighted by Gasteiger charge is -2.46. The van der Waals surface area contributed by atoms with Crippen LogP contribution in [0.25, 0.3) is 0 Å². The molecule has 0 saturated carbocycles. The molecule has 68 heavy (non-hydrogen) atoms. The van der Waals surface area contributed by atoms with Gasteiger partial charge in [0.25, 0.3) is 8.32 Å². The molecular formula is C58H84O8Si2. The molecule has 1 aliphatic rings. The van der Waals surface area contributed by atoms with E-state index in [1.54, 1.807) is 20.3 Å². The largest absolute Gasteiger partial charge is 0.497 e. The maximum atomic E-state index is 15.2. The third-order valence-electron chi connectivity index (χ3n) is 14.1. The van der Waals surface area contributed by atoms with Crippen molar-refractivity contribution in [3.63, 3.8) is 0 Å². The van der Waals surface area contributed by atoms with E-state index in [1.807, 2.05) is 19.9 Å². The molecule has 0 N–H and O–H groups in total. The quantitative estimate of drug-likeness (QED) is 0.0402. The molecule has 3 aromatic carbocycles. The first-order valence-corrected chi connectivity index (χ1v) is 29.7. The Morgan fingerprint density at radius 2 is 1.40 bits per heavy atom. The Morgan fingerprint density at radius 1 is 0.779 bits per heavy atom. The summed E-state index contributed by atoms with van der Waals surface area (Å²) in [4.78, 5) is 15.2. The average molecular weight is 965 g/mol. The van der Waals surface area contributed by atoms with Crippen LogP contribution in [0.4, 0.5) is 0 Å². The molecule has 0 aliphatic carbocycles. The highest BCUT2D eigenvalue weighted by Crippen LogP contribution is 2.42. The Morgan fingerprint density at radius 3 is 1.93 bits per heavy atom. The summed E-state index contributed by atoms with van der Waals surface area (Å²) in [5, 5.41) is 2.03. The standard InChI is InChI=1S/C58H84O8Si2/c1-16-18-30-43(3)51(65-68(58(9,10)11,48-32-22-20-23-33-48)49-34-24-21-25-35-49)41-46-40-47(60-12)42-52(61-13)54(46)56(59)64-50(36-19-17-2)45(5)55(66-67(14,15)57(6,7)8)44(4)31-26-28-38-62-53-37-27-29-39-63-53/h20-26,28,32-35,40,42-45,50-51,53,55H,27,29-31,36-39,41H2,1-15H3/b28-26+/t43-,44+,45+,50-,51+,53?,55+/m0/s1. The topological polar surface area (TPSA) is 81.7 Å². The third-order valence-corrected chi connectivity index (χ3v) is 23.6. The van der Waals surface area contributed by atoms with Gasteiger partial charge in [-0.05, 0) is 103 Å². The average Bonchev–Trinajstić information content (AvgIpc) is 3.31. The van der Waals surface area contributed by atoms with E-state index in [1.165, 1.54) is 10.4 Å².